The molecule has 1 atom stereocenters. The van der Waals surface area contributed by atoms with Crippen molar-refractivity contribution < 1.29 is 19.1 Å². The summed E-state index contributed by atoms with van der Waals surface area (Å²) in [5, 5.41) is 4.61. The zero-order chi connectivity index (χ0) is 16.7. The molecule has 0 aliphatic carbocycles. The average Bonchev–Trinajstić information content (AvgIpc) is 2.53. The van der Waals surface area contributed by atoms with E-state index in [1.165, 1.54) is 7.05 Å². The molecule has 0 aliphatic heterocycles. The molecule has 0 radical (unpaired) electrons. The maximum absolute atomic E-state index is 11.9. The summed E-state index contributed by atoms with van der Waals surface area (Å²) in [5.74, 6) is 0.928. The van der Waals surface area contributed by atoms with Gasteiger partial charge in [0.05, 0.1) is 20.3 Å². The number of likely N-dealkylation sites (N-methyl/N-ethyl adjacent to an activating group) is 1. The van der Waals surface area contributed by atoms with Crippen LogP contribution in [0.15, 0.2) is 18.2 Å². The summed E-state index contributed by atoms with van der Waals surface area (Å²) in [6, 6.07) is 4.61. The van der Waals surface area contributed by atoms with Gasteiger partial charge in [-0.05, 0) is 31.7 Å². The van der Waals surface area contributed by atoms with Crippen molar-refractivity contribution in [3.05, 3.63) is 23.8 Å². The first-order valence-corrected chi connectivity index (χ1v) is 6.86. The normalized spacial score (nSPS) is 11.7. The van der Waals surface area contributed by atoms with Crippen molar-refractivity contribution in [3.63, 3.8) is 0 Å². The standard InChI is InChI=1S/C15H23N3O4/c1-10(14(19)17-15(20)16-2)18(3)9-11-6-7-12(21-4)13(8-11)22-5/h6-8,10H,9H2,1-5H3,(H2,16,17,19,20)/t10-/m0/s1. The Kier molecular flexibility index (Phi) is 6.65. The summed E-state index contributed by atoms with van der Waals surface area (Å²) in [7, 11) is 6.42. The fraction of sp³-hybridized carbons (Fsp3) is 0.467. The molecule has 0 fully saturated rings. The molecule has 0 bridgehead atoms. The number of imide groups is 1. The summed E-state index contributed by atoms with van der Waals surface area (Å²) < 4.78 is 10.4. The number of hydrogen-bond donors (Lipinski definition) is 2. The number of carbonyl (C=O) groups excluding carboxylic acids is 2. The lowest BCUT2D eigenvalue weighted by molar-refractivity contribution is -0.124. The molecule has 22 heavy (non-hydrogen) atoms. The minimum absolute atomic E-state index is 0.359. The van der Waals surface area contributed by atoms with Crippen molar-refractivity contribution in [3.8, 4) is 11.5 Å². The monoisotopic (exact) mass is 309 g/mol. The lowest BCUT2D eigenvalue weighted by Crippen LogP contribution is -2.47. The van der Waals surface area contributed by atoms with E-state index in [0.29, 0.717) is 18.0 Å². The minimum atomic E-state index is -0.517. The van der Waals surface area contributed by atoms with E-state index in [1.807, 2.05) is 30.1 Å². The van der Waals surface area contributed by atoms with E-state index >= 15 is 0 Å². The Morgan fingerprint density at radius 3 is 2.41 bits per heavy atom. The van der Waals surface area contributed by atoms with Crippen molar-refractivity contribution in [1.82, 2.24) is 15.5 Å². The molecule has 122 valence electrons. The van der Waals surface area contributed by atoms with E-state index < -0.39 is 12.1 Å². The molecule has 7 heteroatoms. The number of nitrogens with zero attached hydrogens (tertiary/aromatic N) is 1. The van der Waals surface area contributed by atoms with Crippen molar-refractivity contribution in [2.24, 2.45) is 0 Å². The highest BCUT2D eigenvalue weighted by molar-refractivity contribution is 5.96. The number of rotatable bonds is 6. The molecule has 0 aromatic heterocycles. The van der Waals surface area contributed by atoms with Gasteiger partial charge in [-0.15, -0.1) is 0 Å². The first kappa shape index (κ1) is 17.8. The third kappa shape index (κ3) is 4.63. The van der Waals surface area contributed by atoms with Crippen LogP contribution in [0.3, 0.4) is 0 Å². The summed E-state index contributed by atoms with van der Waals surface area (Å²) >= 11 is 0. The van der Waals surface area contributed by atoms with Crippen LogP contribution in [-0.4, -0.2) is 51.2 Å². The van der Waals surface area contributed by atoms with E-state index in [1.54, 1.807) is 21.1 Å². The van der Waals surface area contributed by atoms with E-state index in [4.69, 9.17) is 9.47 Å². The molecule has 0 unspecified atom stereocenters. The fourth-order valence-electron chi connectivity index (χ4n) is 1.88. The number of urea groups is 1. The molecular weight excluding hydrogens is 286 g/mol. The second-order valence-electron chi connectivity index (χ2n) is 4.85. The van der Waals surface area contributed by atoms with E-state index in [2.05, 4.69) is 10.6 Å². The van der Waals surface area contributed by atoms with Crippen LogP contribution in [0.5, 0.6) is 11.5 Å². The third-order valence-corrected chi connectivity index (χ3v) is 3.38. The largest absolute Gasteiger partial charge is 0.493 e. The van der Waals surface area contributed by atoms with Crippen molar-refractivity contribution >= 4 is 11.9 Å². The van der Waals surface area contributed by atoms with Gasteiger partial charge < -0.3 is 14.8 Å². The quantitative estimate of drug-likeness (QED) is 0.819. The summed E-state index contributed by atoms with van der Waals surface area (Å²) in [5.41, 5.74) is 0.972. The van der Waals surface area contributed by atoms with Gasteiger partial charge in [0.2, 0.25) is 5.91 Å². The molecule has 0 saturated carbocycles. The molecule has 1 rings (SSSR count). The maximum Gasteiger partial charge on any atom is 0.321 e. The number of amides is 3. The Morgan fingerprint density at radius 1 is 1.23 bits per heavy atom. The number of nitrogens with one attached hydrogen (secondary N) is 2. The van der Waals surface area contributed by atoms with Gasteiger partial charge in [0, 0.05) is 13.6 Å². The van der Waals surface area contributed by atoms with Crippen LogP contribution in [0.1, 0.15) is 12.5 Å². The third-order valence-electron chi connectivity index (χ3n) is 3.38. The van der Waals surface area contributed by atoms with Crippen LogP contribution in [-0.2, 0) is 11.3 Å². The van der Waals surface area contributed by atoms with Gasteiger partial charge in [-0.2, -0.15) is 0 Å². The Labute approximate surface area is 130 Å². The smallest absolute Gasteiger partial charge is 0.321 e. The first-order chi connectivity index (χ1) is 10.4. The minimum Gasteiger partial charge on any atom is -0.493 e. The molecule has 0 spiro atoms. The maximum atomic E-state index is 11.9. The van der Waals surface area contributed by atoms with Crippen LogP contribution in [0.25, 0.3) is 0 Å². The number of methoxy groups -OCH3 is 2. The molecule has 2 N–H and O–H groups in total. The predicted octanol–water partition coefficient (Wildman–Crippen LogP) is 0.980. The molecular formula is C15H23N3O4. The first-order valence-electron chi connectivity index (χ1n) is 6.86. The molecule has 0 aliphatic rings. The highest BCUT2D eigenvalue weighted by Gasteiger charge is 2.20. The number of ether oxygens (including phenoxy) is 2. The van der Waals surface area contributed by atoms with E-state index in [0.717, 1.165) is 5.56 Å². The number of hydrogen-bond acceptors (Lipinski definition) is 5. The second-order valence-corrected chi connectivity index (χ2v) is 4.85. The van der Waals surface area contributed by atoms with Crippen LogP contribution in [0, 0.1) is 0 Å². The average molecular weight is 309 g/mol. The molecule has 0 heterocycles. The van der Waals surface area contributed by atoms with Crippen LogP contribution in [0.4, 0.5) is 4.79 Å². The zero-order valence-electron chi connectivity index (χ0n) is 13.6. The van der Waals surface area contributed by atoms with Gasteiger partial charge in [-0.3, -0.25) is 15.0 Å². The van der Waals surface area contributed by atoms with Crippen molar-refractivity contribution in [2.75, 3.05) is 28.3 Å². The van der Waals surface area contributed by atoms with Gasteiger partial charge in [0.15, 0.2) is 11.5 Å². The Morgan fingerprint density at radius 2 is 1.86 bits per heavy atom. The second kappa shape index (κ2) is 8.23. The van der Waals surface area contributed by atoms with Gasteiger partial charge in [-0.1, -0.05) is 6.07 Å². The molecule has 7 nitrogen and oxygen atoms in total. The topological polar surface area (TPSA) is 79.9 Å². The Bertz CT molecular complexity index is 534. The van der Waals surface area contributed by atoms with Crippen LogP contribution in [0.2, 0.25) is 0 Å². The number of carbonyl (C=O) groups is 2. The highest BCUT2D eigenvalue weighted by Crippen LogP contribution is 2.28. The van der Waals surface area contributed by atoms with Gasteiger partial charge in [0.1, 0.15) is 0 Å². The van der Waals surface area contributed by atoms with Gasteiger partial charge >= 0.3 is 6.03 Å². The SMILES string of the molecule is CNC(=O)NC(=O)[C@H](C)N(C)Cc1ccc(OC)c(OC)c1. The van der Waals surface area contributed by atoms with Crippen LogP contribution >= 0.6 is 0 Å². The van der Waals surface area contributed by atoms with E-state index in [-0.39, 0.29) is 5.91 Å². The molecule has 1 aromatic carbocycles. The zero-order valence-corrected chi connectivity index (χ0v) is 13.6. The predicted molar refractivity (Wildman–Crippen MR) is 83.1 cm³/mol. The summed E-state index contributed by atoms with van der Waals surface area (Å²) in [6.07, 6.45) is 0. The lowest BCUT2D eigenvalue weighted by Gasteiger charge is -2.23. The van der Waals surface area contributed by atoms with Gasteiger partial charge in [-0.25, -0.2) is 4.79 Å². The molecule has 3 amide bonds. The lowest BCUT2D eigenvalue weighted by atomic mass is 10.1. The van der Waals surface area contributed by atoms with Crippen molar-refractivity contribution in [1.29, 1.82) is 0 Å². The molecule has 0 saturated heterocycles. The Hall–Kier alpha value is -2.28. The van der Waals surface area contributed by atoms with Crippen molar-refractivity contribution in [2.45, 2.75) is 19.5 Å². The summed E-state index contributed by atoms with van der Waals surface area (Å²) in [4.78, 5) is 24.9. The highest BCUT2D eigenvalue weighted by atomic mass is 16.5. The Balaban J connectivity index is 2.73. The number of benzene rings is 1. The van der Waals surface area contributed by atoms with Crippen LogP contribution < -0.4 is 20.1 Å². The van der Waals surface area contributed by atoms with Gasteiger partial charge in [0.25, 0.3) is 0 Å². The molecule has 1 aromatic rings. The fourth-order valence-corrected chi connectivity index (χ4v) is 1.88. The summed E-state index contributed by atoms with van der Waals surface area (Å²) in [6.45, 7) is 2.27. The van der Waals surface area contributed by atoms with E-state index in [9.17, 15) is 9.59 Å².